The van der Waals surface area contributed by atoms with Gasteiger partial charge in [-0.1, -0.05) is 18.2 Å². The normalized spacial score (nSPS) is 22.5. The molecule has 1 aromatic carbocycles. The van der Waals surface area contributed by atoms with Crippen molar-refractivity contribution in [3.63, 3.8) is 0 Å². The van der Waals surface area contributed by atoms with Crippen molar-refractivity contribution < 1.29 is 9.53 Å². The van der Waals surface area contributed by atoms with Gasteiger partial charge in [-0.05, 0) is 38.3 Å². The van der Waals surface area contributed by atoms with Gasteiger partial charge in [-0.2, -0.15) is 5.10 Å². The molecule has 5 heteroatoms. The van der Waals surface area contributed by atoms with Crippen molar-refractivity contribution in [3.05, 3.63) is 46.8 Å². The summed E-state index contributed by atoms with van der Waals surface area (Å²) in [7, 11) is 1.96. The van der Waals surface area contributed by atoms with Gasteiger partial charge in [-0.15, -0.1) is 0 Å². The third kappa shape index (κ3) is 2.30. The molecule has 5 nitrogen and oxygen atoms in total. The first-order valence-electron chi connectivity index (χ1n) is 8.61. The fourth-order valence-electron chi connectivity index (χ4n) is 4.11. The van der Waals surface area contributed by atoms with Crippen LogP contribution in [0, 0.1) is 13.8 Å². The van der Waals surface area contributed by atoms with Gasteiger partial charge in [0, 0.05) is 31.3 Å². The first-order chi connectivity index (χ1) is 11.6. The third-order valence-corrected chi connectivity index (χ3v) is 5.36. The maximum Gasteiger partial charge on any atom is 0.264 e. The van der Waals surface area contributed by atoms with Gasteiger partial charge >= 0.3 is 0 Å². The molecule has 2 aliphatic rings. The number of benzene rings is 1. The van der Waals surface area contributed by atoms with E-state index in [1.165, 1.54) is 5.56 Å². The van der Waals surface area contributed by atoms with Crippen molar-refractivity contribution in [3.8, 4) is 5.75 Å². The Hall–Kier alpha value is -2.30. The number of carbonyl (C=O) groups excluding carboxylic acids is 1. The van der Waals surface area contributed by atoms with E-state index in [0.717, 1.165) is 42.1 Å². The topological polar surface area (TPSA) is 47.4 Å². The molecule has 0 radical (unpaired) electrons. The second-order valence-electron chi connectivity index (χ2n) is 6.82. The molecule has 2 atom stereocenters. The van der Waals surface area contributed by atoms with Crippen molar-refractivity contribution >= 4 is 5.91 Å². The zero-order valence-electron chi connectivity index (χ0n) is 14.5. The van der Waals surface area contributed by atoms with E-state index in [1.807, 2.05) is 47.8 Å². The molecule has 0 saturated carbocycles. The van der Waals surface area contributed by atoms with Crippen molar-refractivity contribution in [2.45, 2.75) is 45.3 Å². The Balaban J connectivity index is 1.59. The van der Waals surface area contributed by atoms with E-state index in [0.29, 0.717) is 6.42 Å². The Morgan fingerprint density at radius 1 is 1.29 bits per heavy atom. The lowest BCUT2D eigenvalue weighted by Crippen LogP contribution is -2.41. The fraction of sp³-hybridized carbons (Fsp3) is 0.474. The van der Waals surface area contributed by atoms with Gasteiger partial charge < -0.3 is 9.64 Å². The lowest BCUT2D eigenvalue weighted by Gasteiger charge is -2.27. The van der Waals surface area contributed by atoms with Gasteiger partial charge in [-0.25, -0.2) is 0 Å². The van der Waals surface area contributed by atoms with Crippen molar-refractivity contribution in [2.24, 2.45) is 7.05 Å². The monoisotopic (exact) mass is 325 g/mol. The lowest BCUT2D eigenvalue weighted by molar-refractivity contribution is -0.138. The van der Waals surface area contributed by atoms with Crippen molar-refractivity contribution in [1.82, 2.24) is 14.7 Å². The molecule has 2 aliphatic heterocycles. The molecule has 0 unspecified atom stereocenters. The summed E-state index contributed by atoms with van der Waals surface area (Å²) in [5.41, 5.74) is 4.50. The number of likely N-dealkylation sites (tertiary alicyclic amines) is 1. The third-order valence-electron chi connectivity index (χ3n) is 5.36. The SMILES string of the molecule is Cc1nn(C)c(C)c1[C@H]1CCCN1C(=O)[C@@H]1Cc2ccccc2O1. The van der Waals surface area contributed by atoms with E-state index in [1.54, 1.807) is 0 Å². The standard InChI is InChI=1S/C19H23N3O2/c1-12-18(13(2)21(3)20-12)15-8-6-10-22(15)19(23)17-11-14-7-4-5-9-16(14)24-17/h4-5,7,9,15,17H,6,8,10-11H2,1-3H3/t15-,17+/m1/s1. The Morgan fingerprint density at radius 2 is 2.08 bits per heavy atom. The van der Waals surface area contributed by atoms with Gasteiger partial charge in [0.15, 0.2) is 6.10 Å². The second kappa shape index (κ2) is 5.65. The number of ether oxygens (including phenoxy) is 1. The molecule has 0 aliphatic carbocycles. The van der Waals surface area contributed by atoms with Crippen LogP contribution in [0.25, 0.3) is 0 Å². The van der Waals surface area contributed by atoms with Crippen LogP contribution in [0.2, 0.25) is 0 Å². The summed E-state index contributed by atoms with van der Waals surface area (Å²) < 4.78 is 7.83. The van der Waals surface area contributed by atoms with Crippen LogP contribution in [-0.2, 0) is 18.3 Å². The molecule has 1 fully saturated rings. The largest absolute Gasteiger partial charge is 0.480 e. The fourth-order valence-corrected chi connectivity index (χ4v) is 4.11. The molecule has 0 bridgehead atoms. The summed E-state index contributed by atoms with van der Waals surface area (Å²) in [4.78, 5) is 15.1. The maximum atomic E-state index is 13.1. The number of fused-ring (bicyclic) bond motifs is 1. The average Bonchev–Trinajstić information content (AvgIpc) is 3.25. The molecule has 4 rings (SSSR count). The zero-order valence-corrected chi connectivity index (χ0v) is 14.5. The molecule has 1 saturated heterocycles. The minimum Gasteiger partial charge on any atom is -0.480 e. The summed E-state index contributed by atoms with van der Waals surface area (Å²) in [6.45, 7) is 4.91. The predicted octanol–water partition coefficient (Wildman–Crippen LogP) is 2.70. The molecule has 2 aromatic rings. The summed E-state index contributed by atoms with van der Waals surface area (Å²) in [6.07, 6.45) is 2.31. The van der Waals surface area contributed by atoms with Gasteiger partial charge in [0.05, 0.1) is 11.7 Å². The highest BCUT2D eigenvalue weighted by Gasteiger charge is 2.39. The van der Waals surface area contributed by atoms with E-state index >= 15 is 0 Å². The Labute approximate surface area is 142 Å². The number of hydrogen-bond donors (Lipinski definition) is 0. The van der Waals surface area contributed by atoms with Crippen LogP contribution in [-0.4, -0.2) is 33.2 Å². The summed E-state index contributed by atoms with van der Waals surface area (Å²) >= 11 is 0. The van der Waals surface area contributed by atoms with E-state index < -0.39 is 0 Å². The maximum absolute atomic E-state index is 13.1. The van der Waals surface area contributed by atoms with Crippen LogP contribution in [0.1, 0.15) is 41.4 Å². The van der Waals surface area contributed by atoms with E-state index in [-0.39, 0.29) is 18.1 Å². The molecular formula is C19H23N3O2. The van der Waals surface area contributed by atoms with Crippen LogP contribution in [0.3, 0.4) is 0 Å². The second-order valence-corrected chi connectivity index (χ2v) is 6.82. The minimum atomic E-state index is -0.389. The number of para-hydroxylation sites is 1. The van der Waals surface area contributed by atoms with Crippen molar-refractivity contribution in [1.29, 1.82) is 0 Å². The molecule has 126 valence electrons. The smallest absolute Gasteiger partial charge is 0.264 e. The van der Waals surface area contributed by atoms with Crippen LogP contribution >= 0.6 is 0 Å². The molecule has 0 spiro atoms. The lowest BCUT2D eigenvalue weighted by atomic mass is 10.0. The molecule has 0 N–H and O–H groups in total. The van der Waals surface area contributed by atoms with Gasteiger partial charge in [-0.3, -0.25) is 9.48 Å². The zero-order chi connectivity index (χ0) is 16.8. The first-order valence-corrected chi connectivity index (χ1v) is 8.61. The minimum absolute atomic E-state index is 0.108. The first kappa shape index (κ1) is 15.2. The van der Waals surface area contributed by atoms with E-state index in [9.17, 15) is 4.79 Å². The van der Waals surface area contributed by atoms with Crippen LogP contribution < -0.4 is 4.74 Å². The van der Waals surface area contributed by atoms with Crippen LogP contribution in [0.5, 0.6) is 5.75 Å². The predicted molar refractivity (Wildman–Crippen MR) is 90.9 cm³/mol. The van der Waals surface area contributed by atoms with Crippen LogP contribution in [0.15, 0.2) is 24.3 Å². The number of rotatable bonds is 2. The van der Waals surface area contributed by atoms with E-state index in [4.69, 9.17) is 4.74 Å². The molecule has 1 amide bonds. The molecule has 24 heavy (non-hydrogen) atoms. The highest BCUT2D eigenvalue weighted by Crippen LogP contribution is 2.37. The van der Waals surface area contributed by atoms with E-state index in [2.05, 4.69) is 12.0 Å². The van der Waals surface area contributed by atoms with Crippen LogP contribution in [0.4, 0.5) is 0 Å². The number of hydrogen-bond acceptors (Lipinski definition) is 3. The Kier molecular flexibility index (Phi) is 3.59. The molecular weight excluding hydrogens is 302 g/mol. The number of amides is 1. The molecule has 3 heterocycles. The quantitative estimate of drug-likeness (QED) is 0.853. The number of carbonyl (C=O) groups is 1. The van der Waals surface area contributed by atoms with Gasteiger partial charge in [0.2, 0.25) is 0 Å². The molecule has 1 aromatic heterocycles. The summed E-state index contributed by atoms with van der Waals surface area (Å²) in [5, 5.41) is 4.53. The highest BCUT2D eigenvalue weighted by molar-refractivity contribution is 5.83. The number of aryl methyl sites for hydroxylation is 2. The van der Waals surface area contributed by atoms with Gasteiger partial charge in [0.25, 0.3) is 5.91 Å². The average molecular weight is 325 g/mol. The number of nitrogens with zero attached hydrogens (tertiary/aromatic N) is 3. The Morgan fingerprint density at radius 3 is 2.79 bits per heavy atom. The van der Waals surface area contributed by atoms with Crippen molar-refractivity contribution in [2.75, 3.05) is 6.54 Å². The summed E-state index contributed by atoms with van der Waals surface area (Å²) in [6, 6.07) is 8.06. The van der Waals surface area contributed by atoms with Gasteiger partial charge in [0.1, 0.15) is 5.75 Å². The summed E-state index contributed by atoms with van der Waals surface area (Å²) in [5.74, 6) is 0.955. The number of aromatic nitrogens is 2. The highest BCUT2D eigenvalue weighted by atomic mass is 16.5. The Bertz CT molecular complexity index is 771.